The molecule has 0 saturated heterocycles. The number of hydrogen-bond acceptors (Lipinski definition) is 3. The fourth-order valence-corrected chi connectivity index (χ4v) is 2.67. The second-order valence-electron chi connectivity index (χ2n) is 4.16. The van der Waals surface area contributed by atoms with Gasteiger partial charge in [0, 0.05) is 18.0 Å². The van der Waals surface area contributed by atoms with Gasteiger partial charge < -0.3 is 4.57 Å². The summed E-state index contributed by atoms with van der Waals surface area (Å²) in [6.07, 6.45) is 1.69. The van der Waals surface area contributed by atoms with E-state index in [0.29, 0.717) is 11.2 Å². The molecule has 1 unspecified atom stereocenters. The molecule has 3 nitrogen and oxygen atoms in total. The number of nitrogens with zero attached hydrogens (tertiary/aromatic N) is 3. The Labute approximate surface area is 111 Å². The van der Waals surface area contributed by atoms with E-state index in [4.69, 9.17) is 11.6 Å². The van der Waals surface area contributed by atoms with Crippen LogP contribution in [0.2, 0.25) is 5.15 Å². The van der Waals surface area contributed by atoms with Gasteiger partial charge in [0.15, 0.2) is 0 Å². The minimum absolute atomic E-state index is 0.394. The molecule has 0 amide bonds. The highest BCUT2D eigenvalue weighted by molar-refractivity contribution is 7.10. The number of hydrogen-bond donors (Lipinski definition) is 0. The molecule has 0 aliphatic rings. The van der Waals surface area contributed by atoms with Crippen LogP contribution in [-0.4, -0.2) is 21.5 Å². The van der Waals surface area contributed by atoms with Crippen molar-refractivity contribution in [3.05, 3.63) is 39.6 Å². The van der Waals surface area contributed by atoms with Gasteiger partial charge in [-0.2, -0.15) is 0 Å². The van der Waals surface area contributed by atoms with Crippen LogP contribution in [0.3, 0.4) is 0 Å². The van der Waals surface area contributed by atoms with Crippen LogP contribution < -0.4 is 0 Å². The van der Waals surface area contributed by atoms with Crippen LogP contribution >= 0.6 is 22.9 Å². The van der Waals surface area contributed by atoms with Crippen LogP contribution in [0.4, 0.5) is 0 Å². The van der Waals surface area contributed by atoms with E-state index in [2.05, 4.69) is 41.4 Å². The molecule has 0 aliphatic heterocycles. The predicted molar refractivity (Wildman–Crippen MR) is 72.4 cm³/mol. The first-order valence-corrected chi connectivity index (χ1v) is 6.75. The van der Waals surface area contributed by atoms with Crippen LogP contribution in [-0.2, 0) is 13.6 Å². The summed E-state index contributed by atoms with van der Waals surface area (Å²) in [5, 5.41) is 2.79. The Morgan fingerprint density at radius 1 is 1.59 bits per heavy atom. The second-order valence-corrected chi connectivity index (χ2v) is 5.53. The Hall–Kier alpha value is -0.840. The summed E-state index contributed by atoms with van der Waals surface area (Å²) in [4.78, 5) is 7.95. The van der Waals surface area contributed by atoms with Crippen LogP contribution in [0, 0.1) is 0 Å². The van der Waals surface area contributed by atoms with Gasteiger partial charge in [-0.1, -0.05) is 17.7 Å². The average Bonchev–Trinajstić information content (AvgIpc) is 2.93. The largest absolute Gasteiger partial charge is 0.321 e. The Kier molecular flexibility index (Phi) is 3.86. The Morgan fingerprint density at radius 3 is 2.88 bits per heavy atom. The van der Waals surface area contributed by atoms with E-state index in [9.17, 15) is 0 Å². The van der Waals surface area contributed by atoms with Crippen molar-refractivity contribution in [3.8, 4) is 0 Å². The lowest BCUT2D eigenvalue weighted by Crippen LogP contribution is -2.23. The quantitative estimate of drug-likeness (QED) is 0.849. The minimum Gasteiger partial charge on any atom is -0.321 e. The first-order valence-electron chi connectivity index (χ1n) is 5.49. The van der Waals surface area contributed by atoms with Gasteiger partial charge in [0.25, 0.3) is 0 Å². The Morgan fingerprint density at radius 2 is 2.35 bits per heavy atom. The van der Waals surface area contributed by atoms with E-state index in [1.54, 1.807) is 17.5 Å². The van der Waals surface area contributed by atoms with Crippen molar-refractivity contribution in [2.24, 2.45) is 7.05 Å². The van der Waals surface area contributed by atoms with Crippen LogP contribution in [0.5, 0.6) is 0 Å². The lowest BCUT2D eigenvalue weighted by Gasteiger charge is -2.23. The zero-order valence-corrected chi connectivity index (χ0v) is 11.8. The van der Waals surface area contributed by atoms with Gasteiger partial charge in [0.1, 0.15) is 11.0 Å². The summed E-state index contributed by atoms with van der Waals surface area (Å²) in [6.45, 7) is 3.00. The number of imidazole rings is 1. The van der Waals surface area contributed by atoms with Gasteiger partial charge in [0.2, 0.25) is 0 Å². The zero-order valence-electron chi connectivity index (χ0n) is 10.2. The van der Waals surface area contributed by atoms with Crippen molar-refractivity contribution in [1.29, 1.82) is 0 Å². The Balaban J connectivity index is 2.07. The van der Waals surface area contributed by atoms with Crippen LogP contribution in [0.25, 0.3) is 0 Å². The van der Waals surface area contributed by atoms with Crippen molar-refractivity contribution in [3.63, 3.8) is 0 Å². The summed E-state index contributed by atoms with van der Waals surface area (Å²) >= 11 is 7.76. The highest BCUT2D eigenvalue weighted by atomic mass is 35.5. The predicted octanol–water partition coefficient (Wildman–Crippen LogP) is 3.33. The number of thiophene rings is 1. The highest BCUT2D eigenvalue weighted by Gasteiger charge is 2.15. The van der Waals surface area contributed by atoms with Crippen molar-refractivity contribution in [2.45, 2.75) is 19.5 Å². The minimum atomic E-state index is 0.394. The lowest BCUT2D eigenvalue weighted by molar-refractivity contribution is 0.247. The Bertz CT molecular complexity index is 478. The van der Waals surface area contributed by atoms with Crippen LogP contribution in [0.1, 0.15) is 23.7 Å². The van der Waals surface area contributed by atoms with E-state index in [1.165, 1.54) is 4.88 Å². The smallest absolute Gasteiger partial charge is 0.128 e. The van der Waals surface area contributed by atoms with Crippen molar-refractivity contribution in [2.75, 3.05) is 7.05 Å². The molecule has 5 heteroatoms. The third kappa shape index (κ3) is 2.70. The summed E-state index contributed by atoms with van der Waals surface area (Å²) in [5.74, 6) is 0.987. The van der Waals surface area contributed by atoms with E-state index in [1.807, 2.05) is 11.6 Å². The second kappa shape index (κ2) is 5.21. The monoisotopic (exact) mass is 269 g/mol. The van der Waals surface area contributed by atoms with Gasteiger partial charge in [-0.25, -0.2) is 4.98 Å². The molecule has 2 heterocycles. The molecule has 0 saturated carbocycles. The van der Waals surface area contributed by atoms with E-state index in [-0.39, 0.29) is 0 Å². The molecule has 0 aromatic carbocycles. The number of aromatic nitrogens is 2. The molecule has 2 aromatic heterocycles. The standard InChI is InChI=1S/C12H16ClN3S/c1-9(10-5-4-6-17-10)15(2)8-12-14-7-11(13)16(12)3/h4-7,9H,8H2,1-3H3. The van der Waals surface area contributed by atoms with Gasteiger partial charge in [-0.3, -0.25) is 4.90 Å². The zero-order chi connectivity index (χ0) is 12.4. The third-order valence-corrected chi connectivity index (χ3v) is 4.43. The van der Waals surface area contributed by atoms with E-state index < -0.39 is 0 Å². The van der Waals surface area contributed by atoms with Gasteiger partial charge in [0.05, 0.1) is 12.7 Å². The normalized spacial score (nSPS) is 13.2. The lowest BCUT2D eigenvalue weighted by atomic mass is 10.2. The molecule has 17 heavy (non-hydrogen) atoms. The maximum atomic E-state index is 5.98. The van der Waals surface area contributed by atoms with Gasteiger partial charge in [-0.15, -0.1) is 11.3 Å². The van der Waals surface area contributed by atoms with Gasteiger partial charge in [-0.05, 0) is 25.4 Å². The average molecular weight is 270 g/mol. The van der Waals surface area contributed by atoms with Crippen molar-refractivity contribution < 1.29 is 0 Å². The van der Waals surface area contributed by atoms with Crippen LogP contribution in [0.15, 0.2) is 23.7 Å². The molecule has 92 valence electrons. The summed E-state index contributed by atoms with van der Waals surface area (Å²) < 4.78 is 1.92. The molecule has 1 atom stereocenters. The van der Waals surface area contributed by atoms with Crippen molar-refractivity contribution in [1.82, 2.24) is 14.5 Å². The maximum Gasteiger partial charge on any atom is 0.128 e. The number of halogens is 1. The highest BCUT2D eigenvalue weighted by Crippen LogP contribution is 2.24. The van der Waals surface area contributed by atoms with E-state index >= 15 is 0 Å². The molecule has 0 spiro atoms. The summed E-state index contributed by atoms with van der Waals surface area (Å²) in [7, 11) is 4.04. The molecule has 0 fully saturated rings. The van der Waals surface area contributed by atoms with Crippen molar-refractivity contribution >= 4 is 22.9 Å². The molecule has 0 bridgehead atoms. The molecule has 0 aliphatic carbocycles. The summed E-state index contributed by atoms with van der Waals surface area (Å²) in [6, 6.07) is 4.64. The SMILES string of the molecule is CC(c1cccs1)N(C)Cc1ncc(Cl)n1C. The molecular formula is C12H16ClN3S. The molecule has 2 aromatic rings. The topological polar surface area (TPSA) is 21.1 Å². The number of rotatable bonds is 4. The molecule has 2 rings (SSSR count). The molecule has 0 N–H and O–H groups in total. The fourth-order valence-electron chi connectivity index (χ4n) is 1.68. The fraction of sp³-hybridized carbons (Fsp3) is 0.417. The molecule has 0 radical (unpaired) electrons. The first-order chi connectivity index (χ1) is 8.09. The first kappa shape index (κ1) is 12.6. The molecular weight excluding hydrogens is 254 g/mol. The van der Waals surface area contributed by atoms with Gasteiger partial charge >= 0.3 is 0 Å². The maximum absolute atomic E-state index is 5.98. The third-order valence-electron chi connectivity index (χ3n) is 3.03. The summed E-state index contributed by atoms with van der Waals surface area (Å²) in [5.41, 5.74) is 0. The van der Waals surface area contributed by atoms with E-state index in [0.717, 1.165) is 12.4 Å².